The number of likely N-dealkylation sites (tertiary alicyclic amines) is 1. The minimum Gasteiger partial charge on any atom is -0.339 e. The maximum absolute atomic E-state index is 12.6. The second-order valence-electron chi connectivity index (χ2n) is 7.02. The minimum absolute atomic E-state index is 0.0482. The Morgan fingerprint density at radius 1 is 1.07 bits per heavy atom. The average molecular weight is 408 g/mol. The molecule has 1 fully saturated rings. The summed E-state index contributed by atoms with van der Waals surface area (Å²) in [4.78, 5) is 14.2. The number of benzene rings is 2. The molecule has 1 aliphatic rings. The van der Waals surface area contributed by atoms with E-state index in [1.807, 2.05) is 18.2 Å². The Kier molecular flexibility index (Phi) is 6.45. The van der Waals surface area contributed by atoms with Crippen LogP contribution in [0.15, 0.2) is 54.6 Å². The Bertz CT molecular complexity index is 838. The number of hydrogen-bond acceptors (Lipinski definition) is 1. The first-order valence-corrected chi connectivity index (χ1v) is 9.58. The van der Waals surface area contributed by atoms with E-state index in [4.69, 9.17) is 11.6 Å². The molecule has 0 aliphatic carbocycles. The molecule has 3 rings (SSSR count). The fourth-order valence-electron chi connectivity index (χ4n) is 3.40. The largest absolute Gasteiger partial charge is 0.416 e. The van der Waals surface area contributed by atoms with E-state index in [0.717, 1.165) is 42.5 Å². The Hall–Kier alpha value is -2.27. The van der Waals surface area contributed by atoms with Gasteiger partial charge in [0.2, 0.25) is 5.91 Å². The van der Waals surface area contributed by atoms with Crippen molar-refractivity contribution in [3.05, 3.63) is 76.3 Å². The number of amides is 1. The molecule has 0 radical (unpaired) electrons. The zero-order chi connectivity index (χ0) is 20.1. The van der Waals surface area contributed by atoms with Crippen molar-refractivity contribution in [1.82, 2.24) is 4.90 Å². The normalized spacial score (nSPS) is 15.9. The van der Waals surface area contributed by atoms with E-state index < -0.39 is 11.7 Å². The number of alkyl halides is 3. The van der Waals surface area contributed by atoms with Crippen LogP contribution < -0.4 is 0 Å². The fourth-order valence-corrected chi connectivity index (χ4v) is 3.60. The summed E-state index contributed by atoms with van der Waals surface area (Å²) in [6.07, 6.45) is 1.37. The Balaban J connectivity index is 1.50. The van der Waals surface area contributed by atoms with Crippen LogP contribution in [0.5, 0.6) is 0 Å². The van der Waals surface area contributed by atoms with Crippen LogP contribution in [0.25, 0.3) is 6.08 Å². The van der Waals surface area contributed by atoms with Crippen molar-refractivity contribution < 1.29 is 18.0 Å². The summed E-state index contributed by atoms with van der Waals surface area (Å²) < 4.78 is 37.9. The van der Waals surface area contributed by atoms with Crippen molar-refractivity contribution in [1.29, 1.82) is 0 Å². The maximum Gasteiger partial charge on any atom is 0.416 e. The number of hydrogen-bond donors (Lipinski definition) is 0. The van der Waals surface area contributed by atoms with Gasteiger partial charge in [-0.3, -0.25) is 4.79 Å². The van der Waals surface area contributed by atoms with E-state index in [0.29, 0.717) is 24.0 Å². The molecule has 148 valence electrons. The maximum atomic E-state index is 12.6. The van der Waals surface area contributed by atoms with Gasteiger partial charge in [0.1, 0.15) is 0 Å². The van der Waals surface area contributed by atoms with Gasteiger partial charge in [-0.2, -0.15) is 13.2 Å². The zero-order valence-electron chi connectivity index (χ0n) is 15.3. The topological polar surface area (TPSA) is 20.3 Å². The molecule has 0 aromatic heterocycles. The van der Waals surface area contributed by atoms with Gasteiger partial charge in [-0.05, 0) is 60.6 Å². The molecule has 0 bridgehead atoms. The molecule has 0 N–H and O–H groups in total. The quantitative estimate of drug-likeness (QED) is 0.582. The molecule has 1 saturated heterocycles. The van der Waals surface area contributed by atoms with E-state index in [2.05, 4.69) is 0 Å². The van der Waals surface area contributed by atoms with Crippen molar-refractivity contribution in [2.24, 2.45) is 5.92 Å². The van der Waals surface area contributed by atoms with E-state index in [-0.39, 0.29) is 5.91 Å². The zero-order valence-corrected chi connectivity index (χ0v) is 16.0. The molecule has 28 heavy (non-hydrogen) atoms. The Labute approximate surface area is 167 Å². The van der Waals surface area contributed by atoms with Gasteiger partial charge >= 0.3 is 6.18 Å². The molecular formula is C22H21ClF3NO. The summed E-state index contributed by atoms with van der Waals surface area (Å²) >= 11 is 6.09. The number of nitrogens with zero attached hydrogens (tertiary/aromatic N) is 1. The number of halogens is 4. The van der Waals surface area contributed by atoms with Crippen LogP contribution in [-0.4, -0.2) is 23.9 Å². The van der Waals surface area contributed by atoms with Crippen LogP contribution in [0, 0.1) is 5.92 Å². The number of carbonyl (C=O) groups excluding carboxylic acids is 1. The van der Waals surface area contributed by atoms with Crippen molar-refractivity contribution in [2.75, 3.05) is 13.1 Å². The number of piperidine rings is 1. The summed E-state index contributed by atoms with van der Waals surface area (Å²) in [6, 6.07) is 12.7. The molecule has 6 heteroatoms. The molecule has 1 heterocycles. The smallest absolute Gasteiger partial charge is 0.339 e. The summed E-state index contributed by atoms with van der Waals surface area (Å²) in [5.74, 6) is 0.321. The first kappa shape index (κ1) is 20.5. The molecule has 0 spiro atoms. The molecule has 1 amide bonds. The lowest BCUT2D eigenvalue weighted by Gasteiger charge is -2.31. The third-order valence-corrected chi connectivity index (χ3v) is 5.39. The summed E-state index contributed by atoms with van der Waals surface area (Å²) in [7, 11) is 0. The summed E-state index contributed by atoms with van der Waals surface area (Å²) in [6.45, 7) is 1.30. The second-order valence-corrected chi connectivity index (χ2v) is 7.43. The second kappa shape index (κ2) is 8.82. The van der Waals surface area contributed by atoms with Crippen LogP contribution in [-0.2, 0) is 17.4 Å². The Morgan fingerprint density at radius 3 is 2.32 bits per heavy atom. The fraction of sp³-hybridized carbons (Fsp3) is 0.318. The SMILES string of the molecule is O=C(/C=C/c1ccccc1Cl)N1CCC(Cc2ccc(C(F)(F)F)cc2)CC1. The van der Waals surface area contributed by atoms with Gasteiger partial charge in [0.15, 0.2) is 0 Å². The first-order valence-electron chi connectivity index (χ1n) is 9.20. The lowest BCUT2D eigenvalue weighted by molar-refractivity contribution is -0.137. The highest BCUT2D eigenvalue weighted by molar-refractivity contribution is 6.32. The highest BCUT2D eigenvalue weighted by Gasteiger charge is 2.30. The monoisotopic (exact) mass is 407 g/mol. The molecule has 0 atom stereocenters. The van der Waals surface area contributed by atoms with E-state index in [1.165, 1.54) is 6.08 Å². The van der Waals surface area contributed by atoms with Gasteiger partial charge < -0.3 is 4.90 Å². The first-order chi connectivity index (χ1) is 13.3. The highest BCUT2D eigenvalue weighted by atomic mass is 35.5. The molecule has 2 nitrogen and oxygen atoms in total. The lowest BCUT2D eigenvalue weighted by Crippen LogP contribution is -2.37. The van der Waals surface area contributed by atoms with Crippen molar-refractivity contribution in [3.63, 3.8) is 0 Å². The van der Waals surface area contributed by atoms with Crippen molar-refractivity contribution >= 4 is 23.6 Å². The van der Waals surface area contributed by atoms with Gasteiger partial charge in [0.25, 0.3) is 0 Å². The van der Waals surface area contributed by atoms with E-state index in [9.17, 15) is 18.0 Å². The Morgan fingerprint density at radius 2 is 1.71 bits per heavy atom. The molecule has 0 saturated carbocycles. The lowest BCUT2D eigenvalue weighted by atomic mass is 9.90. The van der Waals surface area contributed by atoms with Crippen LogP contribution in [0.4, 0.5) is 13.2 Å². The third-order valence-electron chi connectivity index (χ3n) is 5.04. The third kappa shape index (κ3) is 5.38. The van der Waals surface area contributed by atoms with Gasteiger partial charge in [0, 0.05) is 24.2 Å². The van der Waals surface area contributed by atoms with Gasteiger partial charge in [-0.25, -0.2) is 0 Å². The number of carbonyl (C=O) groups is 1. The van der Waals surface area contributed by atoms with Crippen LogP contribution in [0.3, 0.4) is 0 Å². The summed E-state index contributed by atoms with van der Waals surface area (Å²) in [5.41, 5.74) is 1.08. The minimum atomic E-state index is -4.30. The van der Waals surface area contributed by atoms with E-state index >= 15 is 0 Å². The van der Waals surface area contributed by atoms with Crippen LogP contribution in [0.1, 0.15) is 29.5 Å². The van der Waals surface area contributed by atoms with Crippen molar-refractivity contribution in [2.45, 2.75) is 25.4 Å². The molecular weight excluding hydrogens is 387 g/mol. The molecule has 0 unspecified atom stereocenters. The average Bonchev–Trinajstić information content (AvgIpc) is 2.67. The molecule has 2 aromatic carbocycles. The van der Waals surface area contributed by atoms with Crippen LogP contribution in [0.2, 0.25) is 5.02 Å². The van der Waals surface area contributed by atoms with Gasteiger partial charge in [-0.15, -0.1) is 0 Å². The van der Waals surface area contributed by atoms with Gasteiger partial charge in [0.05, 0.1) is 5.56 Å². The molecule has 1 aliphatic heterocycles. The van der Waals surface area contributed by atoms with Crippen LogP contribution >= 0.6 is 11.6 Å². The van der Waals surface area contributed by atoms with Gasteiger partial charge in [-0.1, -0.05) is 41.9 Å². The number of rotatable bonds is 4. The summed E-state index contributed by atoms with van der Waals surface area (Å²) in [5, 5.41) is 0.599. The standard InChI is InChI=1S/C22H21ClF3NO/c23-20-4-2-1-3-18(20)7-10-21(28)27-13-11-17(12-14-27)15-16-5-8-19(9-6-16)22(24,25)26/h1-10,17H,11-15H2/b10-7+. The predicted molar refractivity (Wildman–Crippen MR) is 105 cm³/mol. The molecule has 2 aromatic rings. The highest BCUT2D eigenvalue weighted by Crippen LogP contribution is 2.30. The van der Waals surface area contributed by atoms with Crippen molar-refractivity contribution in [3.8, 4) is 0 Å². The van der Waals surface area contributed by atoms with E-state index in [1.54, 1.807) is 29.2 Å². The predicted octanol–water partition coefficient (Wildman–Crippen LogP) is 5.85.